The molecule has 1 aliphatic heterocycles. The fraction of sp³-hybridized carbons (Fsp3) is 1.00. The van der Waals surface area contributed by atoms with Crippen molar-refractivity contribution in [2.24, 2.45) is 17.8 Å². The van der Waals surface area contributed by atoms with Gasteiger partial charge in [0.15, 0.2) is 0 Å². The Morgan fingerprint density at radius 3 is 2.17 bits per heavy atom. The number of likely N-dealkylation sites (tertiary alicyclic amines) is 1. The molecule has 106 valence electrons. The third-order valence-electron chi connectivity index (χ3n) is 5.25. The first-order valence-electron chi connectivity index (χ1n) is 8.07. The van der Waals surface area contributed by atoms with Gasteiger partial charge in [-0.3, -0.25) is 0 Å². The van der Waals surface area contributed by atoms with E-state index in [1.807, 2.05) is 0 Å². The maximum Gasteiger partial charge on any atom is 0.00673 e. The van der Waals surface area contributed by atoms with Gasteiger partial charge in [-0.25, -0.2) is 0 Å². The van der Waals surface area contributed by atoms with Crippen molar-refractivity contribution < 1.29 is 0 Å². The summed E-state index contributed by atoms with van der Waals surface area (Å²) < 4.78 is 0. The predicted octanol–water partition coefficient (Wildman–Crippen LogP) is 3.13. The van der Waals surface area contributed by atoms with Gasteiger partial charge in [0.05, 0.1) is 0 Å². The summed E-state index contributed by atoms with van der Waals surface area (Å²) in [6.07, 6.45) is 8.51. The normalized spacial score (nSPS) is 32.0. The maximum absolute atomic E-state index is 3.85. The van der Waals surface area contributed by atoms with Gasteiger partial charge < -0.3 is 10.2 Å². The van der Waals surface area contributed by atoms with E-state index in [-0.39, 0.29) is 0 Å². The number of nitrogens with one attached hydrogen (secondary N) is 1. The van der Waals surface area contributed by atoms with Crippen molar-refractivity contribution in [1.82, 2.24) is 10.2 Å². The predicted molar refractivity (Wildman–Crippen MR) is 78.8 cm³/mol. The first-order valence-corrected chi connectivity index (χ1v) is 8.07. The van der Waals surface area contributed by atoms with Crippen LogP contribution in [0.3, 0.4) is 0 Å². The van der Waals surface area contributed by atoms with E-state index in [4.69, 9.17) is 0 Å². The summed E-state index contributed by atoms with van der Waals surface area (Å²) in [4.78, 5) is 2.46. The highest BCUT2D eigenvalue weighted by molar-refractivity contribution is 4.80. The third kappa shape index (κ3) is 4.24. The van der Waals surface area contributed by atoms with Crippen molar-refractivity contribution in [3.8, 4) is 0 Å². The van der Waals surface area contributed by atoms with Crippen LogP contribution in [-0.4, -0.2) is 37.6 Å². The Morgan fingerprint density at radius 1 is 1.00 bits per heavy atom. The van der Waals surface area contributed by atoms with E-state index < -0.39 is 0 Å². The second-order valence-corrected chi connectivity index (χ2v) is 7.01. The second-order valence-electron chi connectivity index (χ2n) is 7.01. The number of hydrogen-bond donors (Lipinski definition) is 1. The lowest BCUT2D eigenvalue weighted by Crippen LogP contribution is -2.40. The molecular formula is C16H32N2. The standard InChI is InChI=1S/C16H32N2/c1-13(2)15-4-6-16(7-5-15)17-12-14-8-10-18(3)11-9-14/h13-17H,4-12H2,1-3H3. The molecule has 0 aromatic rings. The van der Waals surface area contributed by atoms with Crippen LogP contribution < -0.4 is 5.32 Å². The zero-order valence-electron chi connectivity index (χ0n) is 12.6. The highest BCUT2D eigenvalue weighted by atomic mass is 15.1. The molecule has 18 heavy (non-hydrogen) atoms. The largest absolute Gasteiger partial charge is 0.314 e. The molecule has 0 spiro atoms. The number of piperidine rings is 1. The number of rotatable bonds is 4. The Hall–Kier alpha value is -0.0800. The zero-order chi connectivity index (χ0) is 13.0. The van der Waals surface area contributed by atoms with Crippen LogP contribution in [0.15, 0.2) is 0 Å². The van der Waals surface area contributed by atoms with Crippen LogP contribution in [-0.2, 0) is 0 Å². The zero-order valence-corrected chi connectivity index (χ0v) is 12.6. The van der Waals surface area contributed by atoms with Crippen LogP contribution in [0.4, 0.5) is 0 Å². The molecule has 0 unspecified atom stereocenters. The van der Waals surface area contributed by atoms with Gasteiger partial charge in [-0.05, 0) is 83.0 Å². The van der Waals surface area contributed by atoms with E-state index >= 15 is 0 Å². The molecule has 1 aliphatic carbocycles. The molecule has 0 bridgehead atoms. The minimum atomic E-state index is 0.819. The van der Waals surface area contributed by atoms with Gasteiger partial charge in [-0.2, -0.15) is 0 Å². The van der Waals surface area contributed by atoms with Crippen molar-refractivity contribution in [1.29, 1.82) is 0 Å². The van der Waals surface area contributed by atoms with Crippen LogP contribution in [0.2, 0.25) is 0 Å². The van der Waals surface area contributed by atoms with E-state index in [1.165, 1.54) is 58.2 Å². The first kappa shape index (κ1) is 14.3. The van der Waals surface area contributed by atoms with Gasteiger partial charge in [0.1, 0.15) is 0 Å². The number of hydrogen-bond acceptors (Lipinski definition) is 2. The monoisotopic (exact) mass is 252 g/mol. The molecule has 2 rings (SSSR count). The van der Waals surface area contributed by atoms with Gasteiger partial charge in [0.25, 0.3) is 0 Å². The molecule has 0 atom stereocenters. The highest BCUT2D eigenvalue weighted by Crippen LogP contribution is 2.30. The molecular weight excluding hydrogens is 220 g/mol. The second kappa shape index (κ2) is 6.91. The van der Waals surface area contributed by atoms with E-state index in [0.717, 1.165) is 23.8 Å². The van der Waals surface area contributed by atoms with E-state index in [9.17, 15) is 0 Å². The molecule has 0 amide bonds. The Labute approximate surface area is 114 Å². The summed E-state index contributed by atoms with van der Waals surface area (Å²) in [5.41, 5.74) is 0. The summed E-state index contributed by atoms with van der Waals surface area (Å²) >= 11 is 0. The summed E-state index contributed by atoms with van der Waals surface area (Å²) in [6, 6.07) is 0.819. The van der Waals surface area contributed by atoms with Crippen molar-refractivity contribution in [2.75, 3.05) is 26.7 Å². The lowest BCUT2D eigenvalue weighted by molar-refractivity contribution is 0.197. The van der Waals surface area contributed by atoms with Crippen molar-refractivity contribution in [3.63, 3.8) is 0 Å². The Kier molecular flexibility index (Phi) is 5.50. The van der Waals surface area contributed by atoms with Crippen LogP contribution >= 0.6 is 0 Å². The molecule has 1 saturated heterocycles. The summed E-state index contributed by atoms with van der Waals surface area (Å²) in [5, 5.41) is 3.85. The fourth-order valence-corrected chi connectivity index (χ4v) is 3.59. The quantitative estimate of drug-likeness (QED) is 0.827. The maximum atomic E-state index is 3.85. The average Bonchev–Trinajstić information content (AvgIpc) is 2.38. The average molecular weight is 252 g/mol. The summed E-state index contributed by atoms with van der Waals surface area (Å²) in [7, 11) is 2.25. The molecule has 2 heteroatoms. The summed E-state index contributed by atoms with van der Waals surface area (Å²) in [6.45, 7) is 8.64. The van der Waals surface area contributed by atoms with Gasteiger partial charge >= 0.3 is 0 Å². The van der Waals surface area contributed by atoms with E-state index in [1.54, 1.807) is 0 Å². The lowest BCUT2D eigenvalue weighted by atomic mass is 9.79. The molecule has 1 heterocycles. The first-order chi connectivity index (χ1) is 8.65. The molecule has 1 saturated carbocycles. The Balaban J connectivity index is 1.60. The molecule has 0 aromatic heterocycles. The van der Waals surface area contributed by atoms with Crippen LogP contribution in [0.1, 0.15) is 52.4 Å². The molecule has 0 aromatic carbocycles. The van der Waals surface area contributed by atoms with Crippen molar-refractivity contribution >= 4 is 0 Å². The molecule has 2 nitrogen and oxygen atoms in total. The van der Waals surface area contributed by atoms with E-state index in [2.05, 4.69) is 31.1 Å². The minimum absolute atomic E-state index is 0.819. The van der Waals surface area contributed by atoms with Gasteiger partial charge in [0, 0.05) is 6.04 Å². The van der Waals surface area contributed by atoms with Crippen molar-refractivity contribution in [2.45, 2.75) is 58.4 Å². The highest BCUT2D eigenvalue weighted by Gasteiger charge is 2.24. The SMILES string of the molecule is CC(C)C1CCC(NCC2CCN(C)CC2)CC1. The topological polar surface area (TPSA) is 15.3 Å². The molecule has 2 aliphatic rings. The fourth-order valence-electron chi connectivity index (χ4n) is 3.59. The molecule has 0 radical (unpaired) electrons. The van der Waals surface area contributed by atoms with Crippen LogP contribution in [0, 0.1) is 17.8 Å². The lowest BCUT2D eigenvalue weighted by Gasteiger charge is -2.34. The Bertz CT molecular complexity index is 223. The smallest absolute Gasteiger partial charge is 0.00673 e. The van der Waals surface area contributed by atoms with Crippen molar-refractivity contribution in [3.05, 3.63) is 0 Å². The van der Waals surface area contributed by atoms with Gasteiger partial charge in [-0.1, -0.05) is 13.8 Å². The van der Waals surface area contributed by atoms with E-state index in [0.29, 0.717) is 0 Å². The van der Waals surface area contributed by atoms with Gasteiger partial charge in [-0.15, -0.1) is 0 Å². The number of nitrogens with zero attached hydrogens (tertiary/aromatic N) is 1. The molecule has 2 fully saturated rings. The van der Waals surface area contributed by atoms with Crippen LogP contribution in [0.25, 0.3) is 0 Å². The Morgan fingerprint density at radius 2 is 1.61 bits per heavy atom. The summed E-state index contributed by atoms with van der Waals surface area (Å²) in [5.74, 6) is 2.82. The van der Waals surface area contributed by atoms with Crippen LogP contribution in [0.5, 0.6) is 0 Å². The van der Waals surface area contributed by atoms with Gasteiger partial charge in [0.2, 0.25) is 0 Å². The molecule has 1 N–H and O–H groups in total. The minimum Gasteiger partial charge on any atom is -0.314 e. The third-order valence-corrected chi connectivity index (χ3v) is 5.25.